The number of methoxy groups -OCH3 is 1. The fourth-order valence-corrected chi connectivity index (χ4v) is 2.68. The maximum Gasteiger partial charge on any atom is 0.311 e. The Morgan fingerprint density at radius 3 is 2.50 bits per heavy atom. The summed E-state index contributed by atoms with van der Waals surface area (Å²) in [5.41, 5.74) is -0.735. The molecule has 116 valence electrons. The van der Waals surface area contributed by atoms with E-state index >= 15 is 0 Å². The number of carbonyl (C=O) groups excluding carboxylic acids is 1. The molecular formula is C14H26N2O4. The number of amides is 1. The summed E-state index contributed by atoms with van der Waals surface area (Å²) in [6, 6.07) is -0.313. The maximum absolute atomic E-state index is 12.0. The van der Waals surface area contributed by atoms with Crippen LogP contribution in [0.25, 0.3) is 0 Å². The Bertz CT molecular complexity index is 359. The van der Waals surface area contributed by atoms with Crippen molar-refractivity contribution in [3.05, 3.63) is 0 Å². The molecule has 2 N–H and O–H groups in total. The molecule has 1 rings (SSSR count). The number of rotatable bonds is 7. The lowest BCUT2D eigenvalue weighted by Crippen LogP contribution is -2.47. The van der Waals surface area contributed by atoms with Gasteiger partial charge in [0.05, 0.1) is 18.1 Å². The van der Waals surface area contributed by atoms with E-state index in [9.17, 15) is 14.7 Å². The molecule has 6 heteroatoms. The molecule has 20 heavy (non-hydrogen) atoms. The molecule has 0 aromatic rings. The summed E-state index contributed by atoms with van der Waals surface area (Å²) in [6.07, 6.45) is 0.593. The highest BCUT2D eigenvalue weighted by atomic mass is 16.5. The zero-order chi connectivity index (χ0) is 15.3. The monoisotopic (exact) mass is 286 g/mol. The first kappa shape index (κ1) is 16.9. The highest BCUT2D eigenvalue weighted by Crippen LogP contribution is 2.38. The Morgan fingerprint density at radius 1 is 1.40 bits per heavy atom. The lowest BCUT2D eigenvalue weighted by atomic mass is 9.76. The molecule has 0 saturated carbocycles. The van der Waals surface area contributed by atoms with Crippen molar-refractivity contribution < 1.29 is 19.4 Å². The highest BCUT2D eigenvalue weighted by molar-refractivity contribution is 5.82. The Hall–Kier alpha value is -1.14. The predicted molar refractivity (Wildman–Crippen MR) is 75.4 cm³/mol. The van der Waals surface area contributed by atoms with Crippen molar-refractivity contribution in [3.8, 4) is 0 Å². The van der Waals surface area contributed by atoms with E-state index in [1.807, 2.05) is 25.7 Å². The Balaban J connectivity index is 2.62. The summed E-state index contributed by atoms with van der Waals surface area (Å²) < 4.78 is 4.89. The SMILES string of the molecule is COCCNC(=O)C(C)N1CCC(C(=O)O)(C(C)C)C1. The summed E-state index contributed by atoms with van der Waals surface area (Å²) >= 11 is 0. The zero-order valence-corrected chi connectivity index (χ0v) is 12.8. The molecule has 0 aromatic heterocycles. The number of carboxylic acid groups (broad SMARTS) is 1. The molecule has 0 spiro atoms. The van der Waals surface area contributed by atoms with Crippen LogP contribution in [0.15, 0.2) is 0 Å². The van der Waals surface area contributed by atoms with E-state index in [1.54, 1.807) is 7.11 Å². The summed E-state index contributed by atoms with van der Waals surface area (Å²) in [7, 11) is 1.58. The largest absolute Gasteiger partial charge is 0.481 e. The van der Waals surface area contributed by atoms with Gasteiger partial charge in [0.25, 0.3) is 0 Å². The standard InChI is InChI=1S/C14H26N2O4/c1-10(2)14(13(18)19)5-7-16(9-14)11(3)12(17)15-6-8-20-4/h10-11H,5-9H2,1-4H3,(H,15,17)(H,18,19). The topological polar surface area (TPSA) is 78.9 Å². The van der Waals surface area contributed by atoms with Crippen LogP contribution in [0.5, 0.6) is 0 Å². The van der Waals surface area contributed by atoms with Gasteiger partial charge in [-0.3, -0.25) is 14.5 Å². The number of carbonyl (C=O) groups is 2. The van der Waals surface area contributed by atoms with Crippen molar-refractivity contribution in [1.82, 2.24) is 10.2 Å². The molecule has 1 saturated heterocycles. The summed E-state index contributed by atoms with van der Waals surface area (Å²) in [5.74, 6) is -0.789. The molecule has 0 radical (unpaired) electrons. The molecular weight excluding hydrogens is 260 g/mol. The minimum Gasteiger partial charge on any atom is -0.481 e. The van der Waals surface area contributed by atoms with Gasteiger partial charge in [-0.05, 0) is 19.3 Å². The molecule has 6 nitrogen and oxygen atoms in total. The lowest BCUT2D eigenvalue weighted by Gasteiger charge is -2.30. The van der Waals surface area contributed by atoms with Crippen LogP contribution in [-0.2, 0) is 14.3 Å². The third kappa shape index (κ3) is 3.49. The van der Waals surface area contributed by atoms with Gasteiger partial charge in [0.1, 0.15) is 0 Å². The van der Waals surface area contributed by atoms with Gasteiger partial charge in [-0.2, -0.15) is 0 Å². The summed E-state index contributed by atoms with van der Waals surface area (Å²) in [6.45, 7) is 7.70. The van der Waals surface area contributed by atoms with Gasteiger partial charge in [-0.15, -0.1) is 0 Å². The van der Waals surface area contributed by atoms with Crippen LogP contribution in [0.1, 0.15) is 27.2 Å². The van der Waals surface area contributed by atoms with Gasteiger partial charge in [0, 0.05) is 26.7 Å². The van der Waals surface area contributed by atoms with Crippen molar-refractivity contribution in [2.24, 2.45) is 11.3 Å². The third-order valence-electron chi connectivity index (χ3n) is 4.39. The second-order valence-corrected chi connectivity index (χ2v) is 5.80. The van der Waals surface area contributed by atoms with Gasteiger partial charge >= 0.3 is 5.97 Å². The minimum absolute atomic E-state index is 0.0498. The van der Waals surface area contributed by atoms with Crippen LogP contribution in [0.3, 0.4) is 0 Å². The number of likely N-dealkylation sites (tertiary alicyclic amines) is 1. The van der Waals surface area contributed by atoms with E-state index < -0.39 is 11.4 Å². The van der Waals surface area contributed by atoms with Crippen molar-refractivity contribution >= 4 is 11.9 Å². The van der Waals surface area contributed by atoms with Crippen LogP contribution in [0, 0.1) is 11.3 Å². The molecule has 1 amide bonds. The molecule has 1 fully saturated rings. The third-order valence-corrected chi connectivity index (χ3v) is 4.39. The quantitative estimate of drug-likeness (QED) is 0.669. The van der Waals surface area contributed by atoms with E-state index in [0.29, 0.717) is 32.7 Å². The van der Waals surface area contributed by atoms with Gasteiger partial charge in [-0.25, -0.2) is 0 Å². The number of ether oxygens (including phenoxy) is 1. The van der Waals surface area contributed by atoms with Crippen molar-refractivity contribution in [2.75, 3.05) is 33.4 Å². The minimum atomic E-state index is -0.762. The molecule has 0 aliphatic carbocycles. The summed E-state index contributed by atoms with van der Waals surface area (Å²) in [5, 5.41) is 12.3. The summed E-state index contributed by atoms with van der Waals surface area (Å²) in [4.78, 5) is 25.5. The number of nitrogens with zero attached hydrogens (tertiary/aromatic N) is 1. The first-order chi connectivity index (χ1) is 9.35. The second-order valence-electron chi connectivity index (χ2n) is 5.80. The van der Waals surface area contributed by atoms with E-state index in [1.165, 1.54) is 0 Å². The molecule has 1 heterocycles. The number of nitrogens with one attached hydrogen (secondary N) is 1. The normalized spacial score (nSPS) is 24.9. The average Bonchev–Trinajstić information content (AvgIpc) is 2.84. The smallest absolute Gasteiger partial charge is 0.311 e. The molecule has 1 aliphatic rings. The first-order valence-electron chi connectivity index (χ1n) is 7.09. The number of aliphatic carboxylic acids is 1. The number of hydrogen-bond donors (Lipinski definition) is 2. The van der Waals surface area contributed by atoms with Gasteiger partial charge in [0.15, 0.2) is 0 Å². The Morgan fingerprint density at radius 2 is 2.05 bits per heavy atom. The number of hydrogen-bond acceptors (Lipinski definition) is 4. The maximum atomic E-state index is 12.0. The van der Waals surface area contributed by atoms with E-state index in [0.717, 1.165) is 0 Å². The molecule has 0 bridgehead atoms. The predicted octanol–water partition coefficient (Wildman–Crippen LogP) is 0.570. The van der Waals surface area contributed by atoms with Crippen LogP contribution in [0.4, 0.5) is 0 Å². The Labute approximate surface area is 120 Å². The molecule has 2 unspecified atom stereocenters. The van der Waals surface area contributed by atoms with Crippen molar-refractivity contribution in [2.45, 2.75) is 33.2 Å². The van der Waals surface area contributed by atoms with Gasteiger partial charge in [0.2, 0.25) is 5.91 Å². The Kier molecular flexibility index (Phi) is 5.95. The van der Waals surface area contributed by atoms with Gasteiger partial charge in [-0.1, -0.05) is 13.8 Å². The lowest BCUT2D eigenvalue weighted by molar-refractivity contribution is -0.151. The average molecular weight is 286 g/mol. The zero-order valence-electron chi connectivity index (χ0n) is 12.8. The van der Waals surface area contributed by atoms with Crippen LogP contribution >= 0.6 is 0 Å². The fourth-order valence-electron chi connectivity index (χ4n) is 2.68. The van der Waals surface area contributed by atoms with Gasteiger partial charge < -0.3 is 15.2 Å². The van der Waals surface area contributed by atoms with Crippen molar-refractivity contribution in [1.29, 1.82) is 0 Å². The van der Waals surface area contributed by atoms with E-state index in [2.05, 4.69) is 5.32 Å². The molecule has 2 atom stereocenters. The van der Waals surface area contributed by atoms with Crippen LogP contribution < -0.4 is 5.32 Å². The van der Waals surface area contributed by atoms with E-state index in [-0.39, 0.29) is 17.9 Å². The fraction of sp³-hybridized carbons (Fsp3) is 0.857. The number of carboxylic acids is 1. The highest BCUT2D eigenvalue weighted by Gasteiger charge is 2.48. The van der Waals surface area contributed by atoms with Crippen molar-refractivity contribution in [3.63, 3.8) is 0 Å². The molecule has 1 aliphatic heterocycles. The first-order valence-corrected chi connectivity index (χ1v) is 7.09. The van der Waals surface area contributed by atoms with Crippen LogP contribution in [-0.4, -0.2) is 61.3 Å². The van der Waals surface area contributed by atoms with E-state index in [4.69, 9.17) is 4.74 Å². The molecule has 0 aromatic carbocycles. The second kappa shape index (κ2) is 7.04. The van der Waals surface area contributed by atoms with Crippen LogP contribution in [0.2, 0.25) is 0 Å².